The van der Waals surface area contributed by atoms with Gasteiger partial charge in [-0.3, -0.25) is 9.59 Å². The Morgan fingerprint density at radius 2 is 1.39 bits per heavy atom. The number of carbonyl (C=O) groups is 2. The fraction of sp³-hybridized carbons (Fsp3) is 0.385. The zero-order valence-corrected chi connectivity index (χ0v) is 14.3. The van der Waals surface area contributed by atoms with E-state index in [0.29, 0.717) is 12.5 Å². The summed E-state index contributed by atoms with van der Waals surface area (Å²) in [5.74, 6) is -1.05. The normalized spacial score (nSPS) is 12.3. The Bertz CT molecular complexity index is 774. The summed E-state index contributed by atoms with van der Waals surface area (Å²) in [5.41, 5.74) is 0.161. The third-order valence-electron chi connectivity index (χ3n) is 2.52. The van der Waals surface area contributed by atoms with E-state index in [1.807, 2.05) is 0 Å². The largest absolute Gasteiger partial charge is 0.294 e. The van der Waals surface area contributed by atoms with Gasteiger partial charge in [0, 0.05) is 11.1 Å². The van der Waals surface area contributed by atoms with Gasteiger partial charge < -0.3 is 0 Å². The zero-order valence-electron chi connectivity index (χ0n) is 12.7. The first-order chi connectivity index (χ1) is 10.4. The highest BCUT2D eigenvalue weighted by atomic mass is 32.2. The molecule has 0 spiro atoms. The quantitative estimate of drug-likeness (QED) is 0.376. The van der Waals surface area contributed by atoms with Crippen molar-refractivity contribution in [1.29, 1.82) is 0 Å². The van der Waals surface area contributed by atoms with Gasteiger partial charge in [0.15, 0.2) is 17.9 Å². The van der Waals surface area contributed by atoms with E-state index in [1.54, 1.807) is 6.07 Å². The molecule has 8 nitrogen and oxygen atoms in total. The van der Waals surface area contributed by atoms with E-state index in [0.717, 1.165) is 0 Å². The molecule has 1 aromatic rings. The molecule has 0 N–H and O–H groups in total. The van der Waals surface area contributed by atoms with Crippen molar-refractivity contribution in [2.45, 2.75) is 19.6 Å². The summed E-state index contributed by atoms with van der Waals surface area (Å²) in [5, 5.41) is 0. The predicted octanol–water partition coefficient (Wildman–Crippen LogP) is 0.741. The first-order valence-corrected chi connectivity index (χ1v) is 9.92. The molecule has 128 valence electrons. The molecule has 0 aliphatic carbocycles. The minimum absolute atomic E-state index is 0.0270. The van der Waals surface area contributed by atoms with Gasteiger partial charge >= 0.3 is 0 Å². The molecule has 0 radical (unpaired) electrons. The molecule has 0 unspecified atom stereocenters. The standard InChI is InChI=1S/C13H16O8S2/c1-9(14)10-6-4-5-7-11(10)12(15)8-13(20-22(2,16)17)21-23(3,18)19/h4-7,13H,8H2,1-3H3. The van der Waals surface area contributed by atoms with Gasteiger partial charge in [0.1, 0.15) is 0 Å². The third-order valence-corrected chi connectivity index (χ3v) is 3.65. The van der Waals surface area contributed by atoms with Crippen LogP contribution in [0.3, 0.4) is 0 Å². The van der Waals surface area contributed by atoms with E-state index in [9.17, 15) is 26.4 Å². The molecule has 23 heavy (non-hydrogen) atoms. The van der Waals surface area contributed by atoms with Gasteiger partial charge in [-0.05, 0) is 6.92 Å². The predicted molar refractivity (Wildman–Crippen MR) is 81.0 cm³/mol. The highest BCUT2D eigenvalue weighted by molar-refractivity contribution is 7.86. The van der Waals surface area contributed by atoms with E-state index in [1.165, 1.54) is 25.1 Å². The van der Waals surface area contributed by atoms with Crippen molar-refractivity contribution in [2.24, 2.45) is 0 Å². The van der Waals surface area contributed by atoms with E-state index in [-0.39, 0.29) is 16.9 Å². The summed E-state index contributed by atoms with van der Waals surface area (Å²) in [4.78, 5) is 23.8. The Labute approximate surface area is 134 Å². The second-order valence-electron chi connectivity index (χ2n) is 4.76. The lowest BCUT2D eigenvalue weighted by molar-refractivity contribution is 0.0147. The van der Waals surface area contributed by atoms with Gasteiger partial charge in [-0.15, -0.1) is 0 Å². The molecule has 0 aliphatic heterocycles. The lowest BCUT2D eigenvalue weighted by Gasteiger charge is -2.15. The number of hydrogen-bond acceptors (Lipinski definition) is 8. The second-order valence-corrected chi connectivity index (χ2v) is 7.96. The first kappa shape index (κ1) is 19.4. The molecular formula is C13H16O8S2. The van der Waals surface area contributed by atoms with Gasteiger partial charge in [-0.2, -0.15) is 16.8 Å². The number of benzene rings is 1. The summed E-state index contributed by atoms with van der Waals surface area (Å²) in [6.07, 6.45) is -1.14. The van der Waals surface area contributed by atoms with Crippen molar-refractivity contribution in [3.05, 3.63) is 35.4 Å². The van der Waals surface area contributed by atoms with Crippen molar-refractivity contribution in [3.8, 4) is 0 Å². The maximum atomic E-state index is 12.3. The fourth-order valence-corrected chi connectivity index (χ4v) is 2.81. The average Bonchev–Trinajstić information content (AvgIpc) is 2.34. The van der Waals surface area contributed by atoms with Crippen LogP contribution in [0.4, 0.5) is 0 Å². The van der Waals surface area contributed by atoms with E-state index in [2.05, 4.69) is 8.37 Å². The molecule has 0 aliphatic rings. The lowest BCUT2D eigenvalue weighted by atomic mass is 9.99. The summed E-state index contributed by atoms with van der Waals surface area (Å²) >= 11 is 0. The minimum Gasteiger partial charge on any atom is -0.294 e. The molecule has 0 heterocycles. The van der Waals surface area contributed by atoms with Crippen molar-refractivity contribution in [2.75, 3.05) is 12.5 Å². The number of hydrogen-bond donors (Lipinski definition) is 0. The van der Waals surface area contributed by atoms with Gasteiger partial charge in [0.05, 0.1) is 18.9 Å². The number of ketones is 2. The van der Waals surface area contributed by atoms with Crippen LogP contribution in [0.15, 0.2) is 24.3 Å². The van der Waals surface area contributed by atoms with Crippen molar-refractivity contribution < 1.29 is 34.8 Å². The number of rotatable bonds is 8. The van der Waals surface area contributed by atoms with Gasteiger partial charge in [0.25, 0.3) is 20.2 Å². The lowest BCUT2D eigenvalue weighted by Crippen LogP contribution is -2.27. The van der Waals surface area contributed by atoms with Crippen LogP contribution in [0.2, 0.25) is 0 Å². The first-order valence-electron chi connectivity index (χ1n) is 6.29. The Kier molecular flexibility index (Phi) is 6.17. The van der Waals surface area contributed by atoms with E-state index < -0.39 is 38.7 Å². The Morgan fingerprint density at radius 1 is 0.957 bits per heavy atom. The summed E-state index contributed by atoms with van der Waals surface area (Å²) in [6, 6.07) is 5.88. The second kappa shape index (κ2) is 7.30. The smallest absolute Gasteiger partial charge is 0.266 e. The Balaban J connectivity index is 3.08. The van der Waals surface area contributed by atoms with E-state index >= 15 is 0 Å². The molecule has 0 saturated carbocycles. The summed E-state index contributed by atoms with van der Waals surface area (Å²) in [7, 11) is -8.12. The summed E-state index contributed by atoms with van der Waals surface area (Å²) in [6.45, 7) is 1.27. The van der Waals surface area contributed by atoms with Crippen molar-refractivity contribution in [1.82, 2.24) is 0 Å². The van der Waals surface area contributed by atoms with Crippen LogP contribution >= 0.6 is 0 Å². The number of carbonyl (C=O) groups excluding carboxylic acids is 2. The molecule has 0 bridgehead atoms. The molecule has 0 saturated heterocycles. The Morgan fingerprint density at radius 3 is 1.78 bits per heavy atom. The van der Waals surface area contributed by atoms with Crippen LogP contribution in [0, 0.1) is 0 Å². The minimum atomic E-state index is -4.06. The highest BCUT2D eigenvalue weighted by Gasteiger charge is 2.26. The van der Waals surface area contributed by atoms with Gasteiger partial charge in [0.2, 0.25) is 0 Å². The van der Waals surface area contributed by atoms with Crippen molar-refractivity contribution in [3.63, 3.8) is 0 Å². The monoisotopic (exact) mass is 364 g/mol. The van der Waals surface area contributed by atoms with Crippen LogP contribution in [0.25, 0.3) is 0 Å². The fourth-order valence-electron chi connectivity index (χ4n) is 1.77. The van der Waals surface area contributed by atoms with Crippen LogP contribution in [0.1, 0.15) is 34.1 Å². The molecular weight excluding hydrogens is 348 g/mol. The van der Waals surface area contributed by atoms with E-state index in [4.69, 9.17) is 0 Å². The topological polar surface area (TPSA) is 121 Å². The highest BCUT2D eigenvalue weighted by Crippen LogP contribution is 2.16. The molecule has 0 atom stereocenters. The van der Waals surface area contributed by atoms with Crippen LogP contribution in [-0.2, 0) is 28.6 Å². The molecule has 0 aromatic heterocycles. The van der Waals surface area contributed by atoms with Crippen LogP contribution in [-0.4, -0.2) is 47.2 Å². The van der Waals surface area contributed by atoms with Crippen LogP contribution < -0.4 is 0 Å². The molecule has 0 amide bonds. The maximum absolute atomic E-state index is 12.3. The molecule has 1 aromatic carbocycles. The zero-order chi connectivity index (χ0) is 17.8. The Hall–Kier alpha value is -1.62. The number of Topliss-reactive ketones (excluding diaryl/α,β-unsaturated/α-hetero) is 2. The summed E-state index contributed by atoms with van der Waals surface area (Å²) < 4.78 is 53.6. The molecule has 0 fully saturated rings. The average molecular weight is 364 g/mol. The third kappa shape index (κ3) is 6.99. The SMILES string of the molecule is CC(=O)c1ccccc1C(=O)CC(OS(C)(=O)=O)OS(C)(=O)=O. The maximum Gasteiger partial charge on any atom is 0.266 e. The molecule has 10 heteroatoms. The van der Waals surface area contributed by atoms with Gasteiger partial charge in [-0.25, -0.2) is 8.37 Å². The van der Waals surface area contributed by atoms with Gasteiger partial charge in [-0.1, -0.05) is 24.3 Å². The van der Waals surface area contributed by atoms with Crippen molar-refractivity contribution >= 4 is 31.8 Å². The van der Waals surface area contributed by atoms with Crippen LogP contribution in [0.5, 0.6) is 0 Å². The molecule has 1 rings (SSSR count).